The zero-order valence-corrected chi connectivity index (χ0v) is 9.77. The average Bonchev–Trinajstić information content (AvgIpc) is 2.16. The van der Waals surface area contributed by atoms with Gasteiger partial charge >= 0.3 is 0 Å². The van der Waals surface area contributed by atoms with Crippen molar-refractivity contribution in [3.63, 3.8) is 0 Å². The van der Waals surface area contributed by atoms with E-state index in [2.05, 4.69) is 5.32 Å². The van der Waals surface area contributed by atoms with Gasteiger partial charge in [-0.1, -0.05) is 12.1 Å². The van der Waals surface area contributed by atoms with Crippen LogP contribution in [0.5, 0.6) is 0 Å². The van der Waals surface area contributed by atoms with Crippen molar-refractivity contribution in [1.29, 1.82) is 0 Å². The van der Waals surface area contributed by atoms with E-state index in [1.807, 2.05) is 0 Å². The van der Waals surface area contributed by atoms with Crippen LogP contribution in [0.2, 0.25) is 0 Å². The summed E-state index contributed by atoms with van der Waals surface area (Å²) in [6.45, 7) is 4.03. The molecule has 0 aliphatic carbocycles. The monoisotopic (exact) mass is 224 g/mol. The van der Waals surface area contributed by atoms with Crippen molar-refractivity contribution in [2.75, 3.05) is 12.3 Å². The van der Waals surface area contributed by atoms with Crippen LogP contribution in [-0.2, 0) is 0 Å². The van der Waals surface area contributed by atoms with Gasteiger partial charge in [0, 0.05) is 12.2 Å². The van der Waals surface area contributed by atoms with Crippen molar-refractivity contribution in [2.45, 2.75) is 32.1 Å². The average molecular weight is 224 g/mol. The summed E-state index contributed by atoms with van der Waals surface area (Å²) in [6.07, 6.45) is -0.137. The number of anilines is 1. The molecular formula is C12H20N2O2. The van der Waals surface area contributed by atoms with Crippen LogP contribution in [0.25, 0.3) is 0 Å². The molecule has 90 valence electrons. The molecule has 0 radical (unpaired) electrons. The van der Waals surface area contributed by atoms with Crippen molar-refractivity contribution < 1.29 is 10.2 Å². The predicted molar refractivity (Wildman–Crippen MR) is 64.7 cm³/mol. The van der Waals surface area contributed by atoms with Crippen molar-refractivity contribution in [1.82, 2.24) is 5.32 Å². The van der Waals surface area contributed by atoms with Gasteiger partial charge in [0.2, 0.25) is 0 Å². The maximum atomic E-state index is 9.77. The lowest BCUT2D eigenvalue weighted by atomic mass is 10.1. The first kappa shape index (κ1) is 13.0. The van der Waals surface area contributed by atoms with Crippen molar-refractivity contribution >= 4 is 5.69 Å². The summed E-state index contributed by atoms with van der Waals surface area (Å²) < 4.78 is 0. The van der Waals surface area contributed by atoms with E-state index in [0.29, 0.717) is 18.7 Å². The number of aliphatic hydroxyl groups excluding tert-OH is 1. The molecule has 4 heteroatoms. The zero-order chi connectivity index (χ0) is 12.2. The molecule has 4 nitrogen and oxygen atoms in total. The summed E-state index contributed by atoms with van der Waals surface area (Å²) in [5, 5.41) is 22.2. The Hall–Kier alpha value is -1.10. The molecule has 0 fully saturated rings. The number of hydrogen-bond donors (Lipinski definition) is 4. The Morgan fingerprint density at radius 3 is 2.38 bits per heavy atom. The topological polar surface area (TPSA) is 78.5 Å². The molecule has 1 rings (SSSR count). The largest absolute Gasteiger partial charge is 0.399 e. The summed E-state index contributed by atoms with van der Waals surface area (Å²) >= 11 is 0. The van der Waals surface area contributed by atoms with Gasteiger partial charge in [-0.3, -0.25) is 5.32 Å². The van der Waals surface area contributed by atoms with E-state index >= 15 is 0 Å². The van der Waals surface area contributed by atoms with Crippen LogP contribution in [0.1, 0.15) is 32.1 Å². The van der Waals surface area contributed by atoms with Gasteiger partial charge in [-0.25, -0.2) is 0 Å². The Morgan fingerprint density at radius 1 is 1.31 bits per heavy atom. The number of hydrogen-bond acceptors (Lipinski definition) is 4. The highest BCUT2D eigenvalue weighted by Gasteiger charge is 2.13. The first-order valence-electron chi connectivity index (χ1n) is 5.38. The Balaban J connectivity index is 2.41. The van der Waals surface area contributed by atoms with Crippen molar-refractivity contribution in [3.8, 4) is 0 Å². The SMILES string of the molecule is CC(C)(O)CCNC(O)c1ccc(N)cc1. The standard InChI is InChI=1S/C12H20N2O2/c1-12(2,16)7-8-14-11(15)9-3-5-10(13)6-4-9/h3-6,11,14-16H,7-8,13H2,1-2H3. The van der Waals surface area contributed by atoms with E-state index in [4.69, 9.17) is 5.73 Å². The van der Waals surface area contributed by atoms with Crippen molar-refractivity contribution in [2.24, 2.45) is 0 Å². The molecular weight excluding hydrogens is 204 g/mol. The minimum absolute atomic E-state index is 0.551. The minimum atomic E-state index is -0.719. The third kappa shape index (κ3) is 4.61. The first-order chi connectivity index (χ1) is 7.38. The molecule has 0 spiro atoms. The second-order valence-electron chi connectivity index (χ2n) is 4.59. The normalized spacial score (nSPS) is 13.8. The van der Waals surface area contributed by atoms with Crippen LogP contribution in [-0.4, -0.2) is 22.4 Å². The highest BCUT2D eigenvalue weighted by molar-refractivity contribution is 5.39. The summed E-state index contributed by atoms with van der Waals surface area (Å²) in [5.41, 5.74) is 6.28. The van der Waals surface area contributed by atoms with Crippen LogP contribution in [0, 0.1) is 0 Å². The maximum Gasteiger partial charge on any atom is 0.131 e. The second kappa shape index (κ2) is 5.30. The highest BCUT2D eigenvalue weighted by Crippen LogP contribution is 2.13. The molecule has 0 aromatic heterocycles. The molecule has 1 atom stereocenters. The van der Waals surface area contributed by atoms with Gasteiger partial charge in [-0.05, 0) is 38.0 Å². The lowest BCUT2D eigenvalue weighted by Crippen LogP contribution is -2.29. The zero-order valence-electron chi connectivity index (χ0n) is 9.77. The molecule has 0 heterocycles. The minimum Gasteiger partial charge on any atom is -0.399 e. The predicted octanol–water partition coefficient (Wildman–Crippen LogP) is 1.01. The Morgan fingerprint density at radius 2 is 1.88 bits per heavy atom. The maximum absolute atomic E-state index is 9.77. The van der Waals surface area contributed by atoms with E-state index in [1.165, 1.54) is 0 Å². The van der Waals surface area contributed by atoms with Gasteiger partial charge in [0.15, 0.2) is 0 Å². The Labute approximate surface area is 96.1 Å². The van der Waals surface area contributed by atoms with Crippen LogP contribution < -0.4 is 11.1 Å². The number of rotatable bonds is 5. The van der Waals surface area contributed by atoms with E-state index in [1.54, 1.807) is 38.1 Å². The molecule has 1 unspecified atom stereocenters. The molecule has 5 N–H and O–H groups in total. The molecule has 0 aliphatic heterocycles. The number of aliphatic hydroxyl groups is 2. The molecule has 1 aromatic rings. The number of nitrogens with one attached hydrogen (secondary N) is 1. The fourth-order valence-corrected chi connectivity index (χ4v) is 1.31. The van der Waals surface area contributed by atoms with Crippen LogP contribution in [0.4, 0.5) is 5.69 Å². The van der Waals surface area contributed by atoms with Gasteiger partial charge < -0.3 is 15.9 Å². The Kier molecular flexibility index (Phi) is 4.29. The molecule has 0 bridgehead atoms. The molecule has 0 saturated heterocycles. The van der Waals surface area contributed by atoms with E-state index < -0.39 is 11.8 Å². The molecule has 1 aromatic carbocycles. The molecule has 0 aliphatic rings. The van der Waals surface area contributed by atoms with Gasteiger partial charge in [0.25, 0.3) is 0 Å². The molecule has 0 saturated carbocycles. The van der Waals surface area contributed by atoms with Gasteiger partial charge in [0.05, 0.1) is 5.60 Å². The van der Waals surface area contributed by atoms with Crippen LogP contribution in [0.3, 0.4) is 0 Å². The smallest absolute Gasteiger partial charge is 0.131 e. The third-order valence-electron chi connectivity index (χ3n) is 2.33. The van der Waals surface area contributed by atoms with E-state index in [9.17, 15) is 10.2 Å². The highest BCUT2D eigenvalue weighted by atomic mass is 16.3. The van der Waals surface area contributed by atoms with Gasteiger partial charge in [0.1, 0.15) is 6.23 Å². The van der Waals surface area contributed by atoms with Crippen LogP contribution in [0.15, 0.2) is 24.3 Å². The number of nitrogen functional groups attached to an aromatic ring is 1. The van der Waals surface area contributed by atoms with E-state index in [-0.39, 0.29) is 0 Å². The number of nitrogens with two attached hydrogens (primary N) is 1. The third-order valence-corrected chi connectivity index (χ3v) is 2.33. The van der Waals surface area contributed by atoms with Crippen molar-refractivity contribution in [3.05, 3.63) is 29.8 Å². The quantitative estimate of drug-likeness (QED) is 0.444. The van der Waals surface area contributed by atoms with Gasteiger partial charge in [-0.2, -0.15) is 0 Å². The molecule has 16 heavy (non-hydrogen) atoms. The summed E-state index contributed by atoms with van der Waals surface area (Å²) in [5.74, 6) is 0. The summed E-state index contributed by atoms with van der Waals surface area (Å²) in [7, 11) is 0. The summed E-state index contributed by atoms with van der Waals surface area (Å²) in [6, 6.07) is 7.04. The number of benzene rings is 1. The van der Waals surface area contributed by atoms with Crippen LogP contribution >= 0.6 is 0 Å². The second-order valence-corrected chi connectivity index (χ2v) is 4.59. The first-order valence-corrected chi connectivity index (χ1v) is 5.38. The van der Waals surface area contributed by atoms with E-state index in [0.717, 1.165) is 5.56 Å². The van der Waals surface area contributed by atoms with Gasteiger partial charge in [-0.15, -0.1) is 0 Å². The summed E-state index contributed by atoms with van der Waals surface area (Å²) in [4.78, 5) is 0. The molecule has 0 amide bonds. The fraction of sp³-hybridized carbons (Fsp3) is 0.500. The fourth-order valence-electron chi connectivity index (χ4n) is 1.31. The lowest BCUT2D eigenvalue weighted by molar-refractivity contribution is 0.0618. The lowest BCUT2D eigenvalue weighted by Gasteiger charge is -2.19. The Bertz CT molecular complexity index is 317.